The molecule has 0 atom stereocenters. The molecular weight excluding hydrogens is 455 g/mol. The van der Waals surface area contributed by atoms with E-state index in [0.29, 0.717) is 10.7 Å². The summed E-state index contributed by atoms with van der Waals surface area (Å²) in [5.74, 6) is -1.73. The molecule has 0 aliphatic heterocycles. The molecule has 10 heteroatoms. The fourth-order valence-corrected chi connectivity index (χ4v) is 3.40. The average Bonchev–Trinajstić information content (AvgIpc) is 2.77. The number of ether oxygens (including phenoxy) is 1. The lowest BCUT2D eigenvalue weighted by Gasteiger charge is -2.23. The topological polar surface area (TPSA) is 115 Å². The predicted molar refractivity (Wildman–Crippen MR) is 120 cm³/mol. The molecule has 0 spiro atoms. The van der Waals surface area contributed by atoms with E-state index in [9.17, 15) is 14.4 Å². The molecule has 8 nitrogen and oxygen atoms in total. The zero-order valence-electron chi connectivity index (χ0n) is 16.9. The summed E-state index contributed by atoms with van der Waals surface area (Å²) in [6.07, 6.45) is 0.874. The van der Waals surface area contributed by atoms with Crippen molar-refractivity contribution in [3.63, 3.8) is 0 Å². The summed E-state index contributed by atoms with van der Waals surface area (Å²) in [7, 11) is 1.41. The molecule has 164 valence electrons. The van der Waals surface area contributed by atoms with Crippen molar-refractivity contribution >= 4 is 46.5 Å². The zero-order valence-corrected chi connectivity index (χ0v) is 18.4. The molecule has 3 rings (SSSR count). The summed E-state index contributed by atoms with van der Waals surface area (Å²) < 4.78 is 5.00. The van der Waals surface area contributed by atoms with Crippen LogP contribution in [0.5, 0.6) is 5.88 Å². The van der Waals surface area contributed by atoms with E-state index < -0.39 is 24.0 Å². The number of Topliss-reactive ketones (excluding diaryl/α,β-unsaturated/α-hetero) is 1. The number of hydrogen-bond acceptors (Lipinski definition) is 6. The molecule has 2 amide bonds. The Kier molecular flexibility index (Phi) is 7.40. The first-order valence-corrected chi connectivity index (χ1v) is 10.1. The van der Waals surface area contributed by atoms with Crippen molar-refractivity contribution in [2.75, 3.05) is 12.0 Å². The van der Waals surface area contributed by atoms with E-state index in [1.165, 1.54) is 42.5 Å². The van der Waals surface area contributed by atoms with Gasteiger partial charge >= 0.3 is 0 Å². The van der Waals surface area contributed by atoms with Gasteiger partial charge in [0.1, 0.15) is 0 Å². The van der Waals surface area contributed by atoms with Crippen molar-refractivity contribution in [1.82, 2.24) is 9.97 Å². The molecule has 0 radical (unpaired) electrons. The predicted octanol–water partition coefficient (Wildman–Crippen LogP) is 3.70. The maximum atomic E-state index is 13.2. The molecule has 1 aromatic heterocycles. The lowest BCUT2D eigenvalue weighted by Crippen LogP contribution is -2.32. The Balaban J connectivity index is 1.92. The van der Waals surface area contributed by atoms with Gasteiger partial charge in [0, 0.05) is 23.0 Å². The van der Waals surface area contributed by atoms with E-state index in [4.69, 9.17) is 33.7 Å². The molecule has 0 saturated carbocycles. The van der Waals surface area contributed by atoms with Crippen LogP contribution in [0.25, 0.3) is 0 Å². The Bertz CT molecular complexity index is 1190. The monoisotopic (exact) mass is 472 g/mol. The highest BCUT2D eigenvalue weighted by Gasteiger charge is 2.23. The standard InChI is InChI=1S/C22H18Cl2N4O4/c1-32-19-7-8-26-22(27-19)18(29)11-20(30)28(12-13-3-2-4-14(23)9-13)15-5-6-16(21(25)31)17(24)10-15/h2-10H,11-12H2,1H3,(H2,25,31). The Morgan fingerprint density at radius 3 is 2.53 bits per heavy atom. The number of rotatable bonds is 8. The molecule has 0 saturated heterocycles. The van der Waals surface area contributed by atoms with Gasteiger partial charge in [-0.2, -0.15) is 4.98 Å². The van der Waals surface area contributed by atoms with Gasteiger partial charge in [-0.3, -0.25) is 14.4 Å². The van der Waals surface area contributed by atoms with E-state index >= 15 is 0 Å². The maximum absolute atomic E-state index is 13.2. The number of methoxy groups -OCH3 is 1. The number of primary amides is 1. The van der Waals surface area contributed by atoms with Crippen molar-refractivity contribution in [3.8, 4) is 5.88 Å². The third kappa shape index (κ3) is 5.60. The van der Waals surface area contributed by atoms with Crippen LogP contribution < -0.4 is 15.4 Å². The van der Waals surface area contributed by atoms with Crippen molar-refractivity contribution in [3.05, 3.63) is 81.7 Å². The van der Waals surface area contributed by atoms with Crippen LogP contribution in [0.3, 0.4) is 0 Å². The van der Waals surface area contributed by atoms with Gasteiger partial charge in [0.15, 0.2) is 5.82 Å². The van der Waals surface area contributed by atoms with Gasteiger partial charge in [0.25, 0.3) is 0 Å². The van der Waals surface area contributed by atoms with Crippen LogP contribution in [0, 0.1) is 0 Å². The molecule has 3 aromatic rings. The van der Waals surface area contributed by atoms with Gasteiger partial charge in [-0.15, -0.1) is 0 Å². The second-order valence-corrected chi connectivity index (χ2v) is 7.50. The van der Waals surface area contributed by atoms with Crippen molar-refractivity contribution in [2.45, 2.75) is 13.0 Å². The molecular formula is C22H18Cl2N4O4. The highest BCUT2D eigenvalue weighted by molar-refractivity contribution is 6.34. The number of aromatic nitrogens is 2. The van der Waals surface area contributed by atoms with Crippen LogP contribution in [-0.2, 0) is 11.3 Å². The SMILES string of the molecule is COc1ccnc(C(=O)CC(=O)N(Cc2cccc(Cl)c2)c2ccc(C(N)=O)c(Cl)c2)n1. The maximum Gasteiger partial charge on any atom is 0.250 e. The minimum Gasteiger partial charge on any atom is -0.481 e. The van der Waals surface area contributed by atoms with Crippen LogP contribution in [-0.4, -0.2) is 34.7 Å². The number of amides is 2. The molecule has 32 heavy (non-hydrogen) atoms. The van der Waals surface area contributed by atoms with Crippen LogP contribution in [0.1, 0.15) is 33.0 Å². The lowest BCUT2D eigenvalue weighted by molar-refractivity contribution is -0.117. The minimum absolute atomic E-state index is 0.0846. The Morgan fingerprint density at radius 1 is 1.09 bits per heavy atom. The Labute approximate surface area is 193 Å². The number of halogens is 2. The fraction of sp³-hybridized carbons (Fsp3) is 0.136. The number of ketones is 1. The van der Waals surface area contributed by atoms with E-state index in [1.807, 2.05) is 0 Å². The van der Waals surface area contributed by atoms with Crippen LogP contribution in [0.4, 0.5) is 5.69 Å². The van der Waals surface area contributed by atoms with Gasteiger partial charge in [0.2, 0.25) is 23.5 Å². The molecule has 0 bridgehead atoms. The van der Waals surface area contributed by atoms with Crippen molar-refractivity contribution < 1.29 is 19.1 Å². The third-order valence-corrected chi connectivity index (χ3v) is 5.01. The second kappa shape index (κ2) is 10.2. The normalized spacial score (nSPS) is 10.5. The molecule has 0 aliphatic carbocycles. The van der Waals surface area contributed by atoms with E-state index in [1.54, 1.807) is 24.3 Å². The molecule has 2 N–H and O–H groups in total. The zero-order chi connectivity index (χ0) is 23.3. The number of benzene rings is 2. The lowest BCUT2D eigenvalue weighted by atomic mass is 10.1. The average molecular weight is 473 g/mol. The first-order chi connectivity index (χ1) is 15.3. The molecule has 1 heterocycles. The summed E-state index contributed by atoms with van der Waals surface area (Å²) in [6, 6.07) is 12.8. The van der Waals surface area contributed by atoms with E-state index in [-0.39, 0.29) is 28.8 Å². The summed E-state index contributed by atoms with van der Waals surface area (Å²) in [4.78, 5) is 46.5. The van der Waals surface area contributed by atoms with Crippen molar-refractivity contribution in [2.24, 2.45) is 5.73 Å². The van der Waals surface area contributed by atoms with Gasteiger partial charge in [-0.1, -0.05) is 35.3 Å². The van der Waals surface area contributed by atoms with Crippen molar-refractivity contribution in [1.29, 1.82) is 0 Å². The van der Waals surface area contributed by atoms with Gasteiger partial charge in [0.05, 0.1) is 30.7 Å². The van der Waals surface area contributed by atoms with E-state index in [0.717, 1.165) is 5.56 Å². The molecule has 0 unspecified atom stereocenters. The highest BCUT2D eigenvalue weighted by Crippen LogP contribution is 2.26. The number of hydrogen-bond donors (Lipinski definition) is 1. The molecule has 2 aromatic carbocycles. The van der Waals surface area contributed by atoms with Crippen LogP contribution in [0.15, 0.2) is 54.7 Å². The number of nitrogens with zero attached hydrogens (tertiary/aromatic N) is 3. The number of nitrogens with two attached hydrogens (primary N) is 1. The summed E-state index contributed by atoms with van der Waals surface area (Å²) in [5, 5.41) is 0.583. The number of carbonyl (C=O) groups is 3. The van der Waals surface area contributed by atoms with Gasteiger partial charge < -0.3 is 15.4 Å². The fourth-order valence-electron chi connectivity index (χ4n) is 2.92. The van der Waals surface area contributed by atoms with Gasteiger partial charge in [-0.05, 0) is 35.9 Å². The summed E-state index contributed by atoms with van der Waals surface area (Å²) in [6.45, 7) is 0.109. The minimum atomic E-state index is -0.695. The Morgan fingerprint density at radius 2 is 1.88 bits per heavy atom. The van der Waals surface area contributed by atoms with Crippen LogP contribution >= 0.6 is 23.2 Å². The number of carbonyl (C=O) groups excluding carboxylic acids is 3. The highest BCUT2D eigenvalue weighted by atomic mass is 35.5. The smallest absolute Gasteiger partial charge is 0.250 e. The second-order valence-electron chi connectivity index (χ2n) is 6.66. The van der Waals surface area contributed by atoms with E-state index in [2.05, 4.69) is 9.97 Å². The first-order valence-electron chi connectivity index (χ1n) is 9.33. The Hall–Kier alpha value is -3.49. The summed E-state index contributed by atoms with van der Waals surface area (Å²) in [5.41, 5.74) is 6.53. The quantitative estimate of drug-likeness (QED) is 0.394. The van der Waals surface area contributed by atoms with Crippen LogP contribution in [0.2, 0.25) is 10.0 Å². The first kappa shape index (κ1) is 23.2. The largest absolute Gasteiger partial charge is 0.481 e. The number of anilines is 1. The molecule has 0 aliphatic rings. The third-order valence-electron chi connectivity index (χ3n) is 4.46. The molecule has 0 fully saturated rings. The summed E-state index contributed by atoms with van der Waals surface area (Å²) >= 11 is 12.2. The van der Waals surface area contributed by atoms with Gasteiger partial charge in [-0.25, -0.2) is 4.98 Å².